The molecule has 0 aliphatic heterocycles. The van der Waals surface area contributed by atoms with Crippen LogP contribution >= 0.6 is 0 Å². The van der Waals surface area contributed by atoms with Crippen LogP contribution in [0.2, 0.25) is 0 Å². The van der Waals surface area contributed by atoms with Gasteiger partial charge in [-0.25, -0.2) is 0 Å². The van der Waals surface area contributed by atoms with Crippen molar-refractivity contribution in [2.24, 2.45) is 0 Å². The summed E-state index contributed by atoms with van der Waals surface area (Å²) in [5.41, 5.74) is 0.284. The molecule has 8 heteroatoms. The monoisotopic (exact) mass is 344 g/mol. The van der Waals surface area contributed by atoms with E-state index in [2.05, 4.69) is 15.3 Å². The van der Waals surface area contributed by atoms with Gasteiger partial charge in [-0.2, -0.15) is 17.7 Å². The minimum absolute atomic E-state index is 0.0332. The number of nitrogens with zero attached hydrogens (tertiary/aromatic N) is 4. The van der Waals surface area contributed by atoms with Crippen molar-refractivity contribution in [3.63, 3.8) is 0 Å². The van der Waals surface area contributed by atoms with Gasteiger partial charge in [0.25, 0.3) is 0 Å². The van der Waals surface area contributed by atoms with Gasteiger partial charge in [0.2, 0.25) is 5.88 Å². The molecular weight excluding hydrogens is 333 g/mol. The fourth-order valence-electron chi connectivity index (χ4n) is 2.59. The summed E-state index contributed by atoms with van der Waals surface area (Å²) >= 11 is 0. The van der Waals surface area contributed by atoms with Gasteiger partial charge in [0.15, 0.2) is 5.65 Å². The lowest BCUT2D eigenvalue weighted by Crippen LogP contribution is -2.07. The molecule has 0 unspecified atom stereocenters. The quantitative estimate of drug-likeness (QED) is 0.566. The minimum Gasteiger partial charge on any atom is -0.471 e. The molecule has 0 saturated carbocycles. The number of benzene rings is 2. The summed E-state index contributed by atoms with van der Waals surface area (Å²) < 4.78 is 45.6. The van der Waals surface area contributed by atoms with E-state index in [9.17, 15) is 13.2 Å². The first kappa shape index (κ1) is 15.4. The number of ether oxygens (including phenoxy) is 1. The van der Waals surface area contributed by atoms with E-state index in [1.165, 1.54) is 16.9 Å². The average Bonchev–Trinajstić information content (AvgIpc) is 3.08. The summed E-state index contributed by atoms with van der Waals surface area (Å²) in [5, 5.41) is 13.6. The summed E-state index contributed by atoms with van der Waals surface area (Å²) in [6, 6.07) is 12.4. The molecular formula is C17H11F3N4O. The normalized spacial score (nSPS) is 12.0. The number of hydrogen-bond donors (Lipinski definition) is 0. The number of rotatable bonds is 3. The van der Waals surface area contributed by atoms with Crippen LogP contribution in [-0.2, 0) is 12.8 Å². The predicted octanol–water partition coefficient (Wildman–Crippen LogP) is 3.88. The smallest absolute Gasteiger partial charge is 0.416 e. The maximum absolute atomic E-state index is 12.8. The first-order valence-electron chi connectivity index (χ1n) is 7.40. The van der Waals surface area contributed by atoms with E-state index >= 15 is 0 Å². The Labute approximate surface area is 139 Å². The standard InChI is InChI=1S/C17H11F3N4O/c18-17(19,20)12-5-3-4-11(8-12)9-25-16-14-7-2-1-6-13(14)15-22-21-10-24(15)23-16/h1-8,10H,9H2. The van der Waals surface area contributed by atoms with E-state index in [0.29, 0.717) is 17.1 Å². The van der Waals surface area contributed by atoms with Crippen molar-refractivity contribution in [1.29, 1.82) is 0 Å². The summed E-state index contributed by atoms with van der Waals surface area (Å²) in [7, 11) is 0. The number of aromatic nitrogens is 4. The molecule has 0 radical (unpaired) electrons. The Morgan fingerprint density at radius 2 is 1.80 bits per heavy atom. The van der Waals surface area contributed by atoms with Crippen LogP contribution in [0.25, 0.3) is 16.4 Å². The van der Waals surface area contributed by atoms with Gasteiger partial charge < -0.3 is 4.74 Å². The molecule has 0 saturated heterocycles. The highest BCUT2D eigenvalue weighted by atomic mass is 19.4. The molecule has 4 rings (SSSR count). The van der Waals surface area contributed by atoms with Crippen molar-refractivity contribution < 1.29 is 17.9 Å². The van der Waals surface area contributed by atoms with Crippen molar-refractivity contribution >= 4 is 16.4 Å². The molecule has 0 N–H and O–H groups in total. The summed E-state index contributed by atoms with van der Waals surface area (Å²) in [4.78, 5) is 0. The van der Waals surface area contributed by atoms with Gasteiger partial charge in [0.1, 0.15) is 12.9 Å². The Morgan fingerprint density at radius 3 is 2.60 bits per heavy atom. The molecule has 2 heterocycles. The van der Waals surface area contributed by atoms with Crippen molar-refractivity contribution in [1.82, 2.24) is 19.8 Å². The van der Waals surface area contributed by atoms with Crippen LogP contribution in [0.3, 0.4) is 0 Å². The number of halogens is 3. The Balaban J connectivity index is 1.69. The maximum Gasteiger partial charge on any atom is 0.416 e. The van der Waals surface area contributed by atoms with Crippen LogP contribution in [0.15, 0.2) is 54.9 Å². The molecule has 126 valence electrons. The Hall–Kier alpha value is -3.16. The first-order valence-corrected chi connectivity index (χ1v) is 7.40. The van der Waals surface area contributed by atoms with Gasteiger partial charge in [-0.15, -0.1) is 15.3 Å². The molecule has 0 aliphatic carbocycles. The number of fused-ring (bicyclic) bond motifs is 3. The summed E-state index contributed by atoms with van der Waals surface area (Å²) in [5.74, 6) is 0.306. The van der Waals surface area contributed by atoms with Gasteiger partial charge in [-0.3, -0.25) is 0 Å². The Bertz CT molecular complexity index is 1060. The lowest BCUT2D eigenvalue weighted by atomic mass is 10.1. The fourth-order valence-corrected chi connectivity index (χ4v) is 2.59. The van der Waals surface area contributed by atoms with Gasteiger partial charge in [-0.05, 0) is 23.8 Å². The SMILES string of the molecule is FC(F)(F)c1cccc(COc2nn3cnnc3c3ccccc23)c1. The fraction of sp³-hybridized carbons (Fsp3) is 0.118. The van der Waals surface area contributed by atoms with Crippen LogP contribution in [0.4, 0.5) is 13.2 Å². The third-order valence-electron chi connectivity index (χ3n) is 3.76. The van der Waals surface area contributed by atoms with Crippen LogP contribution in [0.5, 0.6) is 5.88 Å². The molecule has 0 fully saturated rings. The zero-order chi connectivity index (χ0) is 17.4. The minimum atomic E-state index is -4.39. The van der Waals surface area contributed by atoms with Gasteiger partial charge >= 0.3 is 6.18 Å². The zero-order valence-electron chi connectivity index (χ0n) is 12.7. The largest absolute Gasteiger partial charge is 0.471 e. The van der Waals surface area contributed by atoms with Gasteiger partial charge in [0, 0.05) is 10.8 Å². The second-order valence-corrected chi connectivity index (χ2v) is 5.44. The highest BCUT2D eigenvalue weighted by Gasteiger charge is 2.30. The number of alkyl halides is 3. The lowest BCUT2D eigenvalue weighted by molar-refractivity contribution is -0.137. The molecule has 25 heavy (non-hydrogen) atoms. The molecule has 0 atom stereocenters. The van der Waals surface area contributed by atoms with E-state index in [1.54, 1.807) is 6.07 Å². The third kappa shape index (κ3) is 2.86. The molecule has 0 spiro atoms. The second-order valence-electron chi connectivity index (χ2n) is 5.44. The molecule has 0 aliphatic rings. The van der Waals surface area contributed by atoms with Gasteiger partial charge in [-0.1, -0.05) is 30.3 Å². The summed E-state index contributed by atoms with van der Waals surface area (Å²) in [6.45, 7) is -0.0332. The summed E-state index contributed by atoms with van der Waals surface area (Å²) in [6.07, 6.45) is -2.94. The van der Waals surface area contributed by atoms with Crippen molar-refractivity contribution in [3.05, 3.63) is 66.0 Å². The van der Waals surface area contributed by atoms with Crippen molar-refractivity contribution in [2.75, 3.05) is 0 Å². The maximum atomic E-state index is 12.8. The van der Waals surface area contributed by atoms with Crippen LogP contribution < -0.4 is 4.74 Å². The van der Waals surface area contributed by atoms with E-state index in [-0.39, 0.29) is 6.61 Å². The van der Waals surface area contributed by atoms with E-state index in [0.717, 1.165) is 22.9 Å². The van der Waals surface area contributed by atoms with Crippen LogP contribution in [0.1, 0.15) is 11.1 Å². The predicted molar refractivity (Wildman–Crippen MR) is 84.1 cm³/mol. The lowest BCUT2D eigenvalue weighted by Gasteiger charge is -2.11. The highest BCUT2D eigenvalue weighted by Crippen LogP contribution is 2.30. The Kier molecular flexibility index (Phi) is 3.52. The molecule has 2 aromatic heterocycles. The van der Waals surface area contributed by atoms with E-state index in [4.69, 9.17) is 4.74 Å². The molecule has 2 aromatic carbocycles. The molecule has 5 nitrogen and oxygen atoms in total. The number of hydrogen-bond acceptors (Lipinski definition) is 4. The van der Waals surface area contributed by atoms with Crippen molar-refractivity contribution in [2.45, 2.75) is 12.8 Å². The second kappa shape index (κ2) is 5.73. The molecule has 0 amide bonds. The Morgan fingerprint density at radius 1 is 1.00 bits per heavy atom. The highest BCUT2D eigenvalue weighted by molar-refractivity contribution is 5.96. The molecule has 0 bridgehead atoms. The zero-order valence-corrected chi connectivity index (χ0v) is 12.7. The third-order valence-corrected chi connectivity index (χ3v) is 3.76. The topological polar surface area (TPSA) is 52.3 Å². The van der Waals surface area contributed by atoms with Crippen molar-refractivity contribution in [3.8, 4) is 5.88 Å². The van der Waals surface area contributed by atoms with Gasteiger partial charge in [0.05, 0.1) is 5.56 Å². The van der Waals surface area contributed by atoms with Crippen LogP contribution in [-0.4, -0.2) is 19.8 Å². The average molecular weight is 344 g/mol. The molecule has 4 aromatic rings. The van der Waals surface area contributed by atoms with E-state index < -0.39 is 11.7 Å². The van der Waals surface area contributed by atoms with E-state index in [1.807, 2.05) is 24.3 Å². The first-order chi connectivity index (χ1) is 12.0. The van der Waals surface area contributed by atoms with Crippen LogP contribution in [0, 0.1) is 0 Å².